The first-order valence-corrected chi connectivity index (χ1v) is 6.65. The van der Waals surface area contributed by atoms with Crippen molar-refractivity contribution in [3.8, 4) is 0 Å². The van der Waals surface area contributed by atoms with Crippen molar-refractivity contribution in [2.24, 2.45) is 0 Å². The van der Waals surface area contributed by atoms with Gasteiger partial charge in [-0.25, -0.2) is 4.79 Å². The number of carbonyl (C=O) groups excluding carboxylic acids is 1. The number of piperidine rings is 1. The van der Waals surface area contributed by atoms with Crippen molar-refractivity contribution in [3.05, 3.63) is 12.0 Å². The quantitative estimate of drug-likeness (QED) is 0.768. The van der Waals surface area contributed by atoms with Crippen molar-refractivity contribution in [2.45, 2.75) is 25.8 Å². The maximum absolute atomic E-state index is 11.5. The molecule has 0 N–H and O–H groups in total. The second-order valence-electron chi connectivity index (χ2n) is 4.88. The summed E-state index contributed by atoms with van der Waals surface area (Å²) in [7, 11) is 4.08. The lowest BCUT2D eigenvalue weighted by atomic mass is 10.0. The van der Waals surface area contributed by atoms with Crippen LogP contribution in [0.1, 0.15) is 30.3 Å². The fraction of sp³-hybridized carbons (Fsp3) is 0.692. The zero-order chi connectivity index (χ0) is 13.8. The van der Waals surface area contributed by atoms with E-state index >= 15 is 0 Å². The van der Waals surface area contributed by atoms with Gasteiger partial charge in [0.15, 0.2) is 5.69 Å². The van der Waals surface area contributed by atoms with Crippen LogP contribution in [0.2, 0.25) is 0 Å². The van der Waals surface area contributed by atoms with Crippen LogP contribution >= 0.6 is 0 Å². The molecule has 19 heavy (non-hydrogen) atoms. The normalized spacial score (nSPS) is 17.4. The molecule has 0 aliphatic carbocycles. The van der Waals surface area contributed by atoms with E-state index in [1.165, 1.54) is 6.26 Å². The van der Waals surface area contributed by atoms with Crippen molar-refractivity contribution in [1.82, 2.24) is 9.88 Å². The van der Waals surface area contributed by atoms with Crippen molar-refractivity contribution < 1.29 is 13.9 Å². The Balaban J connectivity index is 1.99. The van der Waals surface area contributed by atoms with Gasteiger partial charge in [0.25, 0.3) is 6.01 Å². The van der Waals surface area contributed by atoms with E-state index in [0.717, 1.165) is 25.9 Å². The molecule has 0 spiro atoms. The van der Waals surface area contributed by atoms with Crippen LogP contribution in [-0.4, -0.2) is 55.7 Å². The zero-order valence-corrected chi connectivity index (χ0v) is 11.8. The van der Waals surface area contributed by atoms with Gasteiger partial charge in [0.05, 0.1) is 6.61 Å². The van der Waals surface area contributed by atoms with Gasteiger partial charge in [0.1, 0.15) is 6.26 Å². The van der Waals surface area contributed by atoms with Crippen LogP contribution in [0.5, 0.6) is 0 Å². The predicted molar refractivity (Wildman–Crippen MR) is 71.4 cm³/mol. The number of hydrogen-bond donors (Lipinski definition) is 0. The second-order valence-corrected chi connectivity index (χ2v) is 4.88. The summed E-state index contributed by atoms with van der Waals surface area (Å²) in [6, 6.07) is 0.891. The van der Waals surface area contributed by atoms with Crippen LogP contribution in [0.3, 0.4) is 0 Å². The molecular formula is C13H21N3O3. The molecule has 6 nitrogen and oxygen atoms in total. The summed E-state index contributed by atoms with van der Waals surface area (Å²) in [6.45, 7) is 4.25. The van der Waals surface area contributed by atoms with Crippen LogP contribution < -0.4 is 4.90 Å². The molecule has 0 radical (unpaired) electrons. The van der Waals surface area contributed by atoms with Gasteiger partial charge in [-0.2, -0.15) is 4.98 Å². The number of oxazole rings is 1. The molecular weight excluding hydrogens is 246 g/mol. The van der Waals surface area contributed by atoms with Crippen LogP contribution in [-0.2, 0) is 4.74 Å². The molecule has 1 fully saturated rings. The summed E-state index contributed by atoms with van der Waals surface area (Å²) in [5.41, 5.74) is 0.233. The SMILES string of the molecule is CCOC(=O)c1coc(N(C)C2CCN(C)CC2)n1. The summed E-state index contributed by atoms with van der Waals surface area (Å²) in [5.74, 6) is -0.436. The minimum Gasteiger partial charge on any atom is -0.461 e. The van der Waals surface area contributed by atoms with Crippen molar-refractivity contribution in [1.29, 1.82) is 0 Å². The number of hydrogen-bond acceptors (Lipinski definition) is 6. The van der Waals surface area contributed by atoms with E-state index in [0.29, 0.717) is 18.7 Å². The number of likely N-dealkylation sites (tertiary alicyclic amines) is 1. The number of nitrogens with zero attached hydrogens (tertiary/aromatic N) is 3. The van der Waals surface area contributed by atoms with E-state index in [4.69, 9.17) is 9.15 Å². The molecule has 0 saturated carbocycles. The molecule has 0 bridgehead atoms. The second kappa shape index (κ2) is 6.06. The number of esters is 1. The number of anilines is 1. The minimum atomic E-state index is -0.436. The van der Waals surface area contributed by atoms with E-state index in [1.54, 1.807) is 6.92 Å². The third-order valence-corrected chi connectivity index (χ3v) is 3.51. The highest BCUT2D eigenvalue weighted by atomic mass is 16.5. The number of carbonyl (C=O) groups is 1. The molecule has 1 saturated heterocycles. The lowest BCUT2D eigenvalue weighted by Gasteiger charge is -2.34. The minimum absolute atomic E-state index is 0.233. The maximum atomic E-state index is 11.5. The molecule has 2 heterocycles. The van der Waals surface area contributed by atoms with Gasteiger partial charge in [-0.15, -0.1) is 0 Å². The van der Waals surface area contributed by atoms with Gasteiger partial charge in [-0.3, -0.25) is 0 Å². The summed E-state index contributed by atoms with van der Waals surface area (Å²) in [6.07, 6.45) is 3.51. The third kappa shape index (κ3) is 3.26. The molecule has 1 aliphatic heterocycles. The van der Waals surface area contributed by atoms with Gasteiger partial charge in [-0.1, -0.05) is 0 Å². The Kier molecular flexibility index (Phi) is 4.42. The molecule has 1 aromatic heterocycles. The molecule has 1 aromatic rings. The molecule has 0 unspecified atom stereocenters. The number of rotatable bonds is 4. The molecule has 2 rings (SSSR count). The van der Waals surface area contributed by atoms with Gasteiger partial charge >= 0.3 is 5.97 Å². The van der Waals surface area contributed by atoms with Gasteiger partial charge in [0.2, 0.25) is 0 Å². The smallest absolute Gasteiger partial charge is 0.360 e. The van der Waals surface area contributed by atoms with Crippen LogP contribution in [0.4, 0.5) is 6.01 Å². The standard InChI is InChI=1S/C13H21N3O3/c1-4-18-12(17)11-9-19-13(14-11)16(3)10-5-7-15(2)8-6-10/h9-10H,4-8H2,1-3H3. The highest BCUT2D eigenvalue weighted by molar-refractivity contribution is 5.87. The summed E-state index contributed by atoms with van der Waals surface area (Å²) in [4.78, 5) is 20.0. The lowest BCUT2D eigenvalue weighted by Crippen LogP contribution is -2.42. The topological polar surface area (TPSA) is 58.8 Å². The van der Waals surface area contributed by atoms with E-state index < -0.39 is 5.97 Å². The summed E-state index contributed by atoms with van der Waals surface area (Å²) in [5, 5.41) is 0. The Labute approximate surface area is 113 Å². The van der Waals surface area contributed by atoms with Gasteiger partial charge < -0.3 is 19.0 Å². The fourth-order valence-electron chi connectivity index (χ4n) is 2.26. The molecule has 0 atom stereocenters. The lowest BCUT2D eigenvalue weighted by molar-refractivity contribution is 0.0519. The molecule has 6 heteroatoms. The first kappa shape index (κ1) is 13.9. The Bertz CT molecular complexity index is 425. The third-order valence-electron chi connectivity index (χ3n) is 3.51. The first-order chi connectivity index (χ1) is 9.11. The Morgan fingerprint density at radius 3 is 2.89 bits per heavy atom. The molecule has 106 valence electrons. The highest BCUT2D eigenvalue weighted by Crippen LogP contribution is 2.21. The zero-order valence-electron chi connectivity index (χ0n) is 11.8. The van der Waals surface area contributed by atoms with Crippen LogP contribution in [0.25, 0.3) is 0 Å². The number of aromatic nitrogens is 1. The average Bonchev–Trinajstić information content (AvgIpc) is 2.89. The van der Waals surface area contributed by atoms with E-state index in [1.807, 2.05) is 11.9 Å². The van der Waals surface area contributed by atoms with Crippen molar-refractivity contribution in [3.63, 3.8) is 0 Å². The summed E-state index contributed by atoms with van der Waals surface area (Å²) >= 11 is 0. The molecule has 0 aromatic carbocycles. The molecule has 1 aliphatic rings. The van der Waals surface area contributed by atoms with Gasteiger partial charge in [0, 0.05) is 13.1 Å². The number of ether oxygens (including phenoxy) is 1. The van der Waals surface area contributed by atoms with E-state index in [9.17, 15) is 4.79 Å². The maximum Gasteiger partial charge on any atom is 0.360 e. The van der Waals surface area contributed by atoms with E-state index in [-0.39, 0.29) is 5.69 Å². The Morgan fingerprint density at radius 1 is 1.58 bits per heavy atom. The summed E-state index contributed by atoms with van der Waals surface area (Å²) < 4.78 is 10.3. The average molecular weight is 267 g/mol. The van der Waals surface area contributed by atoms with Crippen molar-refractivity contribution in [2.75, 3.05) is 38.7 Å². The highest BCUT2D eigenvalue weighted by Gasteiger charge is 2.24. The largest absolute Gasteiger partial charge is 0.461 e. The fourth-order valence-corrected chi connectivity index (χ4v) is 2.26. The predicted octanol–water partition coefficient (Wildman–Crippen LogP) is 1.38. The monoisotopic (exact) mass is 267 g/mol. The van der Waals surface area contributed by atoms with Gasteiger partial charge in [-0.05, 0) is 39.9 Å². The Hall–Kier alpha value is -1.56. The van der Waals surface area contributed by atoms with Crippen molar-refractivity contribution >= 4 is 12.0 Å². The first-order valence-electron chi connectivity index (χ1n) is 6.65. The Morgan fingerprint density at radius 2 is 2.26 bits per heavy atom. The van der Waals surface area contributed by atoms with E-state index in [2.05, 4.69) is 16.9 Å². The van der Waals surface area contributed by atoms with Crippen LogP contribution in [0, 0.1) is 0 Å². The molecule has 0 amide bonds. The van der Waals surface area contributed by atoms with Crippen LogP contribution in [0.15, 0.2) is 10.7 Å².